The number of carboxylic acid groups (broad SMARTS) is 1. The van der Waals surface area contributed by atoms with Crippen LogP contribution in [-0.4, -0.2) is 41.5 Å². The molecule has 1 aromatic carbocycles. The molecule has 0 fully saturated rings. The van der Waals surface area contributed by atoms with Crippen molar-refractivity contribution >= 4 is 11.9 Å². The topological polar surface area (TPSA) is 69.6 Å². The molecular formula is C15H22N2O3. The number of carboxylic acids is 1. The highest BCUT2D eigenvalue weighted by Crippen LogP contribution is 2.19. The van der Waals surface area contributed by atoms with Crippen molar-refractivity contribution in [3.8, 4) is 0 Å². The summed E-state index contributed by atoms with van der Waals surface area (Å²) in [6.45, 7) is 5.13. The van der Waals surface area contributed by atoms with Gasteiger partial charge in [-0.1, -0.05) is 30.3 Å². The van der Waals surface area contributed by atoms with Gasteiger partial charge in [0.2, 0.25) is 5.91 Å². The molecule has 1 aromatic rings. The largest absolute Gasteiger partial charge is 0.481 e. The van der Waals surface area contributed by atoms with Crippen molar-refractivity contribution in [2.45, 2.75) is 26.3 Å². The molecule has 0 aliphatic rings. The molecule has 1 unspecified atom stereocenters. The fraction of sp³-hybridized carbons (Fsp3) is 0.467. The van der Waals surface area contributed by atoms with Crippen molar-refractivity contribution in [2.24, 2.45) is 0 Å². The normalized spacial score (nSPS) is 12.2. The van der Waals surface area contributed by atoms with Gasteiger partial charge >= 0.3 is 5.97 Å². The molecule has 1 atom stereocenters. The Balaban J connectivity index is 2.64. The van der Waals surface area contributed by atoms with Crippen LogP contribution in [0, 0.1) is 0 Å². The summed E-state index contributed by atoms with van der Waals surface area (Å²) in [6.07, 6.45) is 0.0945. The molecular weight excluding hydrogens is 256 g/mol. The molecule has 0 spiro atoms. The van der Waals surface area contributed by atoms with Crippen molar-refractivity contribution in [3.05, 3.63) is 35.9 Å². The summed E-state index contributed by atoms with van der Waals surface area (Å²) in [7, 11) is 0. The molecule has 20 heavy (non-hydrogen) atoms. The first-order valence-electron chi connectivity index (χ1n) is 6.76. The van der Waals surface area contributed by atoms with Crippen molar-refractivity contribution in [1.82, 2.24) is 10.2 Å². The van der Waals surface area contributed by atoms with Gasteiger partial charge in [-0.15, -0.1) is 0 Å². The number of nitrogens with one attached hydrogen (secondary N) is 1. The molecule has 0 radical (unpaired) electrons. The van der Waals surface area contributed by atoms with Crippen LogP contribution in [0.4, 0.5) is 0 Å². The molecule has 0 aromatic heterocycles. The van der Waals surface area contributed by atoms with E-state index in [1.54, 1.807) is 0 Å². The highest BCUT2D eigenvalue weighted by molar-refractivity contribution is 5.72. The summed E-state index contributed by atoms with van der Waals surface area (Å²) < 4.78 is 0. The monoisotopic (exact) mass is 278 g/mol. The molecule has 2 N–H and O–H groups in total. The van der Waals surface area contributed by atoms with Crippen LogP contribution < -0.4 is 5.32 Å². The maximum absolute atomic E-state index is 10.9. The van der Waals surface area contributed by atoms with Crippen LogP contribution in [0.3, 0.4) is 0 Å². The van der Waals surface area contributed by atoms with Crippen molar-refractivity contribution in [2.75, 3.05) is 19.6 Å². The maximum atomic E-state index is 10.9. The van der Waals surface area contributed by atoms with Crippen molar-refractivity contribution in [3.63, 3.8) is 0 Å². The van der Waals surface area contributed by atoms with Gasteiger partial charge in [0.25, 0.3) is 0 Å². The standard InChI is InChI=1S/C15H22N2O3/c1-12(14-6-4-3-5-7-14)17(10-8-15(19)20)11-9-16-13(2)18/h3-7,12H,8-11H2,1-2H3,(H,16,18)(H,19,20). The summed E-state index contributed by atoms with van der Waals surface area (Å²) in [4.78, 5) is 23.7. The van der Waals surface area contributed by atoms with Crippen LogP contribution in [0.5, 0.6) is 0 Å². The molecule has 0 saturated heterocycles. The lowest BCUT2D eigenvalue weighted by molar-refractivity contribution is -0.137. The third kappa shape index (κ3) is 5.84. The lowest BCUT2D eigenvalue weighted by Crippen LogP contribution is -2.36. The zero-order valence-electron chi connectivity index (χ0n) is 12.0. The van der Waals surface area contributed by atoms with Crippen LogP contribution >= 0.6 is 0 Å². The van der Waals surface area contributed by atoms with E-state index in [0.717, 1.165) is 5.56 Å². The molecule has 0 bridgehead atoms. The first kappa shape index (κ1) is 16.2. The van der Waals surface area contributed by atoms with E-state index in [4.69, 9.17) is 5.11 Å². The number of aliphatic carboxylic acids is 1. The fourth-order valence-electron chi connectivity index (χ4n) is 2.06. The number of hydrogen-bond acceptors (Lipinski definition) is 3. The van der Waals surface area contributed by atoms with Crippen LogP contribution in [0.1, 0.15) is 31.9 Å². The van der Waals surface area contributed by atoms with Crippen LogP contribution in [0.25, 0.3) is 0 Å². The van der Waals surface area contributed by atoms with Gasteiger partial charge in [-0.05, 0) is 12.5 Å². The van der Waals surface area contributed by atoms with Crippen molar-refractivity contribution in [1.29, 1.82) is 0 Å². The third-order valence-electron chi connectivity index (χ3n) is 3.22. The van der Waals surface area contributed by atoms with E-state index in [1.807, 2.05) is 37.3 Å². The Morgan fingerprint density at radius 2 is 1.90 bits per heavy atom. The lowest BCUT2D eigenvalue weighted by atomic mass is 10.1. The quantitative estimate of drug-likeness (QED) is 0.759. The van der Waals surface area contributed by atoms with Gasteiger partial charge < -0.3 is 10.4 Å². The average Bonchev–Trinajstić information content (AvgIpc) is 2.42. The molecule has 110 valence electrons. The average molecular weight is 278 g/mol. The zero-order chi connectivity index (χ0) is 15.0. The first-order valence-corrected chi connectivity index (χ1v) is 6.76. The molecule has 0 heterocycles. The van der Waals surface area contributed by atoms with E-state index in [9.17, 15) is 9.59 Å². The predicted molar refractivity (Wildman–Crippen MR) is 77.4 cm³/mol. The number of carbonyl (C=O) groups is 2. The fourth-order valence-corrected chi connectivity index (χ4v) is 2.06. The smallest absolute Gasteiger partial charge is 0.304 e. The number of carbonyl (C=O) groups excluding carboxylic acids is 1. The molecule has 5 heteroatoms. The highest BCUT2D eigenvalue weighted by atomic mass is 16.4. The molecule has 0 aliphatic heterocycles. The van der Waals surface area contributed by atoms with E-state index in [-0.39, 0.29) is 18.4 Å². The van der Waals surface area contributed by atoms with Gasteiger partial charge in [-0.3, -0.25) is 14.5 Å². The maximum Gasteiger partial charge on any atom is 0.304 e. The SMILES string of the molecule is CC(=O)NCCN(CCC(=O)O)C(C)c1ccccc1. The summed E-state index contributed by atoms with van der Waals surface area (Å²) in [5, 5.41) is 11.6. The summed E-state index contributed by atoms with van der Waals surface area (Å²) >= 11 is 0. The first-order chi connectivity index (χ1) is 9.50. The summed E-state index contributed by atoms with van der Waals surface area (Å²) in [5.74, 6) is -0.884. The van der Waals surface area contributed by atoms with E-state index in [2.05, 4.69) is 10.2 Å². The number of rotatable bonds is 8. The minimum atomic E-state index is -0.810. The Morgan fingerprint density at radius 1 is 1.25 bits per heavy atom. The molecule has 0 aliphatic carbocycles. The minimum absolute atomic E-state index is 0.0736. The van der Waals surface area contributed by atoms with E-state index >= 15 is 0 Å². The van der Waals surface area contributed by atoms with Crippen LogP contribution in [0.15, 0.2) is 30.3 Å². The number of hydrogen-bond donors (Lipinski definition) is 2. The van der Waals surface area contributed by atoms with Crippen LogP contribution in [0.2, 0.25) is 0 Å². The lowest BCUT2D eigenvalue weighted by Gasteiger charge is -2.29. The zero-order valence-corrected chi connectivity index (χ0v) is 12.0. The van der Waals surface area contributed by atoms with Gasteiger partial charge in [-0.2, -0.15) is 0 Å². The molecule has 0 saturated carbocycles. The Bertz CT molecular complexity index is 434. The highest BCUT2D eigenvalue weighted by Gasteiger charge is 2.16. The minimum Gasteiger partial charge on any atom is -0.481 e. The van der Waals surface area contributed by atoms with Crippen LogP contribution in [-0.2, 0) is 9.59 Å². The van der Waals surface area contributed by atoms with E-state index in [1.165, 1.54) is 6.92 Å². The second-order valence-corrected chi connectivity index (χ2v) is 4.75. The second-order valence-electron chi connectivity index (χ2n) is 4.75. The molecule has 1 amide bonds. The Kier molecular flexibility index (Phi) is 6.73. The number of nitrogens with zero attached hydrogens (tertiary/aromatic N) is 1. The Hall–Kier alpha value is -1.88. The van der Waals surface area contributed by atoms with E-state index < -0.39 is 5.97 Å². The van der Waals surface area contributed by atoms with Gasteiger partial charge in [0, 0.05) is 32.6 Å². The Morgan fingerprint density at radius 3 is 2.45 bits per heavy atom. The van der Waals surface area contributed by atoms with Gasteiger partial charge in [-0.25, -0.2) is 0 Å². The third-order valence-corrected chi connectivity index (χ3v) is 3.22. The van der Waals surface area contributed by atoms with Gasteiger partial charge in [0.05, 0.1) is 6.42 Å². The number of benzene rings is 1. The van der Waals surface area contributed by atoms with E-state index in [0.29, 0.717) is 19.6 Å². The second kappa shape index (κ2) is 8.32. The van der Waals surface area contributed by atoms with Gasteiger partial charge in [0.1, 0.15) is 0 Å². The summed E-state index contributed by atoms with van der Waals surface area (Å²) in [6, 6.07) is 10.1. The molecule has 5 nitrogen and oxygen atoms in total. The summed E-state index contributed by atoms with van der Waals surface area (Å²) in [5.41, 5.74) is 1.14. The molecule has 1 rings (SSSR count). The van der Waals surface area contributed by atoms with Gasteiger partial charge in [0.15, 0.2) is 0 Å². The van der Waals surface area contributed by atoms with Crippen molar-refractivity contribution < 1.29 is 14.7 Å². The predicted octanol–water partition coefficient (Wildman–Crippen LogP) is 1.66. The Labute approximate surface area is 119 Å². The number of amides is 1.